The summed E-state index contributed by atoms with van der Waals surface area (Å²) in [6.45, 7) is 3.73. The highest BCUT2D eigenvalue weighted by Gasteiger charge is 2.16. The Labute approximate surface area is 88.4 Å². The zero-order valence-corrected chi connectivity index (χ0v) is 8.84. The third-order valence-electron chi connectivity index (χ3n) is 2.37. The average Bonchev–Trinajstić information content (AvgIpc) is 2.08. The van der Waals surface area contributed by atoms with Gasteiger partial charge in [-0.25, -0.2) is 4.98 Å². The van der Waals surface area contributed by atoms with Crippen LogP contribution in [0.1, 0.15) is 12.0 Å². The molecule has 76 valence electrons. The zero-order valence-electron chi connectivity index (χ0n) is 8.09. The molecule has 0 aromatic carbocycles. The summed E-state index contributed by atoms with van der Waals surface area (Å²) in [5, 5.41) is 3.81. The van der Waals surface area contributed by atoms with Crippen LogP contribution < -0.4 is 10.1 Å². The van der Waals surface area contributed by atoms with Crippen LogP contribution in [-0.2, 0) is 0 Å². The molecule has 1 unspecified atom stereocenters. The molecule has 1 aliphatic heterocycles. The Morgan fingerprint density at radius 2 is 2.50 bits per heavy atom. The molecule has 3 nitrogen and oxygen atoms in total. The molecule has 1 aromatic rings. The lowest BCUT2D eigenvalue weighted by Gasteiger charge is -2.27. The molecule has 2 rings (SSSR count). The number of nitrogens with zero attached hydrogens (tertiary/aromatic N) is 1. The number of hydrogen-bond acceptors (Lipinski definition) is 3. The lowest BCUT2D eigenvalue weighted by Crippen LogP contribution is -2.46. The van der Waals surface area contributed by atoms with E-state index in [1.807, 2.05) is 13.0 Å². The lowest BCUT2D eigenvalue weighted by molar-refractivity contribution is 0.217. The highest BCUT2D eigenvalue weighted by molar-refractivity contribution is 6.30. The number of halogens is 1. The smallest absolute Gasteiger partial charge is 0.138 e. The maximum absolute atomic E-state index is 5.80. The molecule has 1 N–H and O–H groups in total. The third kappa shape index (κ3) is 2.16. The van der Waals surface area contributed by atoms with Crippen molar-refractivity contribution in [2.24, 2.45) is 0 Å². The number of aromatic nitrogens is 1. The SMILES string of the molecule is Cc1cc(OCC2CCN2)cnc1Cl. The summed E-state index contributed by atoms with van der Waals surface area (Å²) in [6, 6.07) is 2.42. The van der Waals surface area contributed by atoms with Gasteiger partial charge in [0.15, 0.2) is 0 Å². The Bertz CT molecular complexity index is 326. The van der Waals surface area contributed by atoms with Crippen LogP contribution in [-0.4, -0.2) is 24.2 Å². The maximum atomic E-state index is 5.80. The summed E-state index contributed by atoms with van der Waals surface area (Å²) in [5.74, 6) is 0.792. The van der Waals surface area contributed by atoms with Gasteiger partial charge in [-0.1, -0.05) is 11.6 Å². The first-order chi connectivity index (χ1) is 6.75. The van der Waals surface area contributed by atoms with E-state index in [0.717, 1.165) is 17.9 Å². The first kappa shape index (κ1) is 9.74. The zero-order chi connectivity index (χ0) is 9.97. The largest absolute Gasteiger partial charge is 0.490 e. The predicted molar refractivity (Wildman–Crippen MR) is 55.9 cm³/mol. The van der Waals surface area contributed by atoms with Crippen LogP contribution in [0.3, 0.4) is 0 Å². The fourth-order valence-corrected chi connectivity index (χ4v) is 1.40. The molecule has 4 heteroatoms. The summed E-state index contributed by atoms with van der Waals surface area (Å²) in [4.78, 5) is 4.02. The van der Waals surface area contributed by atoms with Gasteiger partial charge in [-0.15, -0.1) is 0 Å². The second-order valence-corrected chi connectivity index (χ2v) is 3.89. The van der Waals surface area contributed by atoms with Crippen LogP contribution in [0.4, 0.5) is 0 Å². The molecule has 0 radical (unpaired) electrons. The molecule has 0 bridgehead atoms. The van der Waals surface area contributed by atoms with E-state index >= 15 is 0 Å². The third-order valence-corrected chi connectivity index (χ3v) is 2.76. The van der Waals surface area contributed by atoms with E-state index in [-0.39, 0.29) is 0 Å². The number of pyridine rings is 1. The Morgan fingerprint density at radius 1 is 1.71 bits per heavy atom. The number of nitrogens with one attached hydrogen (secondary N) is 1. The molecule has 0 aliphatic carbocycles. The van der Waals surface area contributed by atoms with Crippen molar-refractivity contribution in [3.05, 3.63) is 23.0 Å². The van der Waals surface area contributed by atoms with Gasteiger partial charge in [-0.05, 0) is 31.5 Å². The van der Waals surface area contributed by atoms with Crippen molar-refractivity contribution in [1.29, 1.82) is 0 Å². The minimum absolute atomic E-state index is 0.506. The van der Waals surface area contributed by atoms with Crippen LogP contribution in [0, 0.1) is 6.92 Å². The summed E-state index contributed by atoms with van der Waals surface area (Å²) in [7, 11) is 0. The van der Waals surface area contributed by atoms with Gasteiger partial charge in [0.05, 0.1) is 6.20 Å². The van der Waals surface area contributed by atoms with E-state index in [1.165, 1.54) is 6.42 Å². The second-order valence-electron chi connectivity index (χ2n) is 3.53. The van der Waals surface area contributed by atoms with Gasteiger partial charge in [0.25, 0.3) is 0 Å². The Morgan fingerprint density at radius 3 is 3.07 bits per heavy atom. The molecule has 2 heterocycles. The number of hydrogen-bond donors (Lipinski definition) is 1. The molecule has 1 aliphatic rings. The minimum Gasteiger partial charge on any atom is -0.490 e. The quantitative estimate of drug-likeness (QED) is 0.776. The van der Waals surface area contributed by atoms with Crippen molar-refractivity contribution >= 4 is 11.6 Å². The van der Waals surface area contributed by atoms with Gasteiger partial charge in [-0.2, -0.15) is 0 Å². The van der Waals surface area contributed by atoms with E-state index < -0.39 is 0 Å². The normalized spacial score (nSPS) is 20.3. The number of aryl methyl sites for hydroxylation is 1. The average molecular weight is 213 g/mol. The molecule has 0 spiro atoms. The van der Waals surface area contributed by atoms with E-state index in [4.69, 9.17) is 16.3 Å². The molecule has 14 heavy (non-hydrogen) atoms. The van der Waals surface area contributed by atoms with Crippen LogP contribution >= 0.6 is 11.6 Å². The Balaban J connectivity index is 1.91. The summed E-state index contributed by atoms with van der Waals surface area (Å²) in [5.41, 5.74) is 0.950. The summed E-state index contributed by atoms with van der Waals surface area (Å²) < 4.78 is 5.56. The predicted octanol–water partition coefficient (Wildman–Crippen LogP) is 1.78. The molecule has 1 saturated heterocycles. The van der Waals surface area contributed by atoms with Crippen molar-refractivity contribution in [2.45, 2.75) is 19.4 Å². The number of rotatable bonds is 3. The first-order valence-corrected chi connectivity index (χ1v) is 5.12. The fourth-order valence-electron chi connectivity index (χ4n) is 1.30. The molecule has 0 saturated carbocycles. The second kappa shape index (κ2) is 4.15. The topological polar surface area (TPSA) is 34.1 Å². The van der Waals surface area contributed by atoms with Crippen LogP contribution in [0.5, 0.6) is 5.75 Å². The van der Waals surface area contributed by atoms with Crippen molar-refractivity contribution in [3.8, 4) is 5.75 Å². The van der Waals surface area contributed by atoms with Gasteiger partial charge in [0, 0.05) is 6.04 Å². The highest BCUT2D eigenvalue weighted by Crippen LogP contribution is 2.18. The van der Waals surface area contributed by atoms with Gasteiger partial charge in [0.2, 0.25) is 0 Å². The highest BCUT2D eigenvalue weighted by atomic mass is 35.5. The Kier molecular flexibility index (Phi) is 2.89. The van der Waals surface area contributed by atoms with Gasteiger partial charge >= 0.3 is 0 Å². The van der Waals surface area contributed by atoms with Crippen LogP contribution in [0.2, 0.25) is 5.15 Å². The molecule has 1 fully saturated rings. The van der Waals surface area contributed by atoms with E-state index in [0.29, 0.717) is 17.8 Å². The van der Waals surface area contributed by atoms with Gasteiger partial charge in [0.1, 0.15) is 17.5 Å². The fraction of sp³-hybridized carbons (Fsp3) is 0.500. The standard InChI is InChI=1S/C10H13ClN2O/c1-7-4-9(5-13-10(7)11)14-6-8-2-3-12-8/h4-5,8,12H,2-3,6H2,1H3. The van der Waals surface area contributed by atoms with Gasteiger partial charge in [-0.3, -0.25) is 0 Å². The monoisotopic (exact) mass is 212 g/mol. The van der Waals surface area contributed by atoms with Gasteiger partial charge < -0.3 is 10.1 Å². The maximum Gasteiger partial charge on any atom is 0.138 e. The Hall–Kier alpha value is -0.800. The van der Waals surface area contributed by atoms with E-state index in [2.05, 4.69) is 10.3 Å². The molecular weight excluding hydrogens is 200 g/mol. The van der Waals surface area contributed by atoms with Crippen LogP contribution in [0.15, 0.2) is 12.3 Å². The van der Waals surface area contributed by atoms with Crippen molar-refractivity contribution in [2.75, 3.05) is 13.2 Å². The summed E-state index contributed by atoms with van der Waals surface area (Å²) in [6.07, 6.45) is 2.86. The van der Waals surface area contributed by atoms with Crippen molar-refractivity contribution < 1.29 is 4.74 Å². The van der Waals surface area contributed by atoms with E-state index in [1.54, 1.807) is 6.20 Å². The summed E-state index contributed by atoms with van der Waals surface area (Å²) >= 11 is 5.80. The number of ether oxygens (including phenoxy) is 1. The molecule has 1 atom stereocenters. The first-order valence-electron chi connectivity index (χ1n) is 4.74. The van der Waals surface area contributed by atoms with Crippen LogP contribution in [0.25, 0.3) is 0 Å². The van der Waals surface area contributed by atoms with E-state index in [9.17, 15) is 0 Å². The molecular formula is C10H13ClN2O. The molecule has 0 amide bonds. The minimum atomic E-state index is 0.506. The van der Waals surface area contributed by atoms with Crippen molar-refractivity contribution in [1.82, 2.24) is 10.3 Å². The molecule has 1 aromatic heterocycles. The van der Waals surface area contributed by atoms with Crippen molar-refractivity contribution in [3.63, 3.8) is 0 Å². The lowest BCUT2D eigenvalue weighted by atomic mass is 10.1.